The van der Waals surface area contributed by atoms with Gasteiger partial charge in [-0.15, -0.1) is 0 Å². The van der Waals surface area contributed by atoms with Gasteiger partial charge in [0.1, 0.15) is 0 Å². The van der Waals surface area contributed by atoms with E-state index < -0.39 is 0 Å². The molecule has 5 heteroatoms. The molecule has 0 saturated carbocycles. The SMILES string of the molecule is CC(C)C(=O)NC1CCN(C(=O)Cc2ccc(Cl)cc2)CC1. The first-order chi connectivity index (χ1) is 10.5. The van der Waals surface area contributed by atoms with E-state index in [1.807, 2.05) is 30.9 Å². The Labute approximate surface area is 136 Å². The Hall–Kier alpha value is -1.55. The highest BCUT2D eigenvalue weighted by molar-refractivity contribution is 6.30. The molecule has 1 aliphatic heterocycles. The lowest BCUT2D eigenvalue weighted by Gasteiger charge is -2.32. The Morgan fingerprint density at radius 2 is 1.82 bits per heavy atom. The van der Waals surface area contributed by atoms with Gasteiger partial charge in [0.05, 0.1) is 6.42 Å². The molecule has 0 aromatic heterocycles. The van der Waals surface area contributed by atoms with E-state index in [2.05, 4.69) is 5.32 Å². The fourth-order valence-electron chi connectivity index (χ4n) is 2.53. The minimum atomic E-state index is 0.00423. The molecule has 22 heavy (non-hydrogen) atoms. The van der Waals surface area contributed by atoms with Crippen molar-refractivity contribution in [3.63, 3.8) is 0 Å². The fourth-order valence-corrected chi connectivity index (χ4v) is 2.66. The second-order valence-corrected chi connectivity index (χ2v) is 6.56. The van der Waals surface area contributed by atoms with Crippen molar-refractivity contribution < 1.29 is 9.59 Å². The molecule has 2 amide bonds. The van der Waals surface area contributed by atoms with Crippen molar-refractivity contribution in [3.8, 4) is 0 Å². The summed E-state index contributed by atoms with van der Waals surface area (Å²) in [6.07, 6.45) is 2.05. The maximum Gasteiger partial charge on any atom is 0.226 e. The van der Waals surface area contributed by atoms with Crippen LogP contribution in [0.15, 0.2) is 24.3 Å². The Kier molecular flexibility index (Phi) is 5.83. The van der Waals surface area contributed by atoms with Crippen molar-refractivity contribution in [2.75, 3.05) is 13.1 Å². The van der Waals surface area contributed by atoms with Crippen LogP contribution in [0.1, 0.15) is 32.3 Å². The number of benzene rings is 1. The molecule has 2 rings (SSSR count). The lowest BCUT2D eigenvalue weighted by atomic mass is 10.0. The van der Waals surface area contributed by atoms with Crippen molar-refractivity contribution in [3.05, 3.63) is 34.9 Å². The van der Waals surface area contributed by atoms with Crippen LogP contribution in [0.2, 0.25) is 5.02 Å². The van der Waals surface area contributed by atoms with Gasteiger partial charge in [-0.05, 0) is 30.5 Å². The largest absolute Gasteiger partial charge is 0.353 e. The maximum atomic E-state index is 12.3. The third-order valence-electron chi connectivity index (χ3n) is 3.99. The van der Waals surface area contributed by atoms with E-state index in [0.29, 0.717) is 24.5 Å². The summed E-state index contributed by atoms with van der Waals surface area (Å²) in [4.78, 5) is 25.9. The Morgan fingerprint density at radius 1 is 1.23 bits per heavy atom. The van der Waals surface area contributed by atoms with E-state index in [1.54, 1.807) is 12.1 Å². The predicted octanol–water partition coefficient (Wildman–Crippen LogP) is 2.65. The second-order valence-electron chi connectivity index (χ2n) is 6.12. The normalized spacial score (nSPS) is 15.9. The molecule has 0 unspecified atom stereocenters. The van der Waals surface area contributed by atoms with Crippen molar-refractivity contribution in [1.29, 1.82) is 0 Å². The topological polar surface area (TPSA) is 49.4 Å². The molecule has 1 aromatic rings. The van der Waals surface area contributed by atoms with Crippen LogP contribution in [0.4, 0.5) is 0 Å². The lowest BCUT2D eigenvalue weighted by Crippen LogP contribution is -2.47. The van der Waals surface area contributed by atoms with Gasteiger partial charge in [0.25, 0.3) is 0 Å². The van der Waals surface area contributed by atoms with Crippen LogP contribution in [-0.2, 0) is 16.0 Å². The predicted molar refractivity (Wildman–Crippen MR) is 87.7 cm³/mol. The number of piperidine rings is 1. The quantitative estimate of drug-likeness (QED) is 0.926. The molecular weight excluding hydrogens is 300 g/mol. The first-order valence-electron chi connectivity index (χ1n) is 7.78. The zero-order valence-corrected chi connectivity index (χ0v) is 13.9. The summed E-state index contributed by atoms with van der Waals surface area (Å²) in [7, 11) is 0. The van der Waals surface area contributed by atoms with Crippen molar-refractivity contribution in [1.82, 2.24) is 10.2 Å². The Balaban J connectivity index is 1.79. The van der Waals surface area contributed by atoms with E-state index in [9.17, 15) is 9.59 Å². The molecule has 120 valence electrons. The number of hydrogen-bond donors (Lipinski definition) is 1. The van der Waals surface area contributed by atoms with Gasteiger partial charge in [0.2, 0.25) is 11.8 Å². The number of halogens is 1. The molecule has 1 saturated heterocycles. The van der Waals surface area contributed by atoms with Crippen molar-refractivity contribution in [2.24, 2.45) is 5.92 Å². The molecule has 0 radical (unpaired) electrons. The molecule has 0 aliphatic carbocycles. The minimum absolute atomic E-state index is 0.00423. The standard InChI is InChI=1S/C17H23ClN2O2/c1-12(2)17(22)19-15-7-9-20(10-8-15)16(21)11-13-3-5-14(18)6-4-13/h3-6,12,15H,7-11H2,1-2H3,(H,19,22). The number of nitrogens with zero attached hydrogens (tertiary/aromatic N) is 1. The summed E-state index contributed by atoms with van der Waals surface area (Å²) in [5, 5.41) is 3.72. The van der Waals surface area contributed by atoms with Gasteiger partial charge in [-0.1, -0.05) is 37.6 Å². The van der Waals surface area contributed by atoms with Gasteiger partial charge in [-0.3, -0.25) is 9.59 Å². The number of likely N-dealkylation sites (tertiary alicyclic amines) is 1. The third-order valence-corrected chi connectivity index (χ3v) is 4.24. The Morgan fingerprint density at radius 3 is 2.36 bits per heavy atom. The third kappa shape index (κ3) is 4.73. The average Bonchev–Trinajstić information content (AvgIpc) is 2.50. The molecular formula is C17H23ClN2O2. The molecule has 1 fully saturated rings. The van der Waals surface area contributed by atoms with Crippen LogP contribution in [0.5, 0.6) is 0 Å². The molecule has 1 aliphatic rings. The highest BCUT2D eigenvalue weighted by atomic mass is 35.5. The highest BCUT2D eigenvalue weighted by Gasteiger charge is 2.24. The van der Waals surface area contributed by atoms with Crippen molar-refractivity contribution in [2.45, 2.75) is 39.2 Å². The van der Waals surface area contributed by atoms with Crippen LogP contribution in [0.3, 0.4) is 0 Å². The summed E-state index contributed by atoms with van der Waals surface area (Å²) in [6.45, 7) is 5.19. The summed E-state index contributed by atoms with van der Waals surface area (Å²) in [5.74, 6) is 0.228. The molecule has 1 heterocycles. The molecule has 1 N–H and O–H groups in total. The summed E-state index contributed by atoms with van der Waals surface area (Å²) >= 11 is 5.85. The monoisotopic (exact) mass is 322 g/mol. The fraction of sp³-hybridized carbons (Fsp3) is 0.529. The van der Waals surface area contributed by atoms with Gasteiger partial charge in [-0.25, -0.2) is 0 Å². The summed E-state index contributed by atoms with van der Waals surface area (Å²) in [5.41, 5.74) is 0.977. The lowest BCUT2D eigenvalue weighted by molar-refractivity contribution is -0.131. The second kappa shape index (κ2) is 7.63. The summed E-state index contributed by atoms with van der Waals surface area (Å²) in [6, 6.07) is 7.57. The zero-order valence-electron chi connectivity index (χ0n) is 13.1. The zero-order chi connectivity index (χ0) is 16.1. The number of hydrogen-bond acceptors (Lipinski definition) is 2. The Bertz CT molecular complexity index is 520. The van der Waals surface area contributed by atoms with Crippen LogP contribution in [-0.4, -0.2) is 35.8 Å². The van der Waals surface area contributed by atoms with Crippen LogP contribution < -0.4 is 5.32 Å². The average molecular weight is 323 g/mol. The molecule has 4 nitrogen and oxygen atoms in total. The molecule has 1 aromatic carbocycles. The molecule has 0 bridgehead atoms. The number of amides is 2. The molecule has 0 spiro atoms. The smallest absolute Gasteiger partial charge is 0.226 e. The van der Waals surface area contributed by atoms with Gasteiger partial charge < -0.3 is 10.2 Å². The van der Waals surface area contributed by atoms with E-state index >= 15 is 0 Å². The van der Waals surface area contributed by atoms with E-state index in [4.69, 9.17) is 11.6 Å². The number of nitrogens with one attached hydrogen (secondary N) is 1. The summed E-state index contributed by atoms with van der Waals surface area (Å²) < 4.78 is 0. The highest BCUT2D eigenvalue weighted by Crippen LogP contribution is 2.14. The van der Waals surface area contributed by atoms with Gasteiger partial charge in [-0.2, -0.15) is 0 Å². The van der Waals surface area contributed by atoms with E-state index in [-0.39, 0.29) is 23.8 Å². The van der Waals surface area contributed by atoms with Gasteiger partial charge in [0.15, 0.2) is 0 Å². The number of rotatable bonds is 4. The van der Waals surface area contributed by atoms with E-state index in [1.165, 1.54) is 0 Å². The van der Waals surface area contributed by atoms with Crippen LogP contribution in [0, 0.1) is 5.92 Å². The van der Waals surface area contributed by atoms with Crippen LogP contribution >= 0.6 is 11.6 Å². The van der Waals surface area contributed by atoms with Crippen molar-refractivity contribution >= 4 is 23.4 Å². The first-order valence-corrected chi connectivity index (χ1v) is 8.16. The molecule has 0 atom stereocenters. The van der Waals surface area contributed by atoms with E-state index in [0.717, 1.165) is 18.4 Å². The first kappa shape index (κ1) is 16.8. The minimum Gasteiger partial charge on any atom is -0.353 e. The van der Waals surface area contributed by atoms with Gasteiger partial charge >= 0.3 is 0 Å². The van der Waals surface area contributed by atoms with Gasteiger partial charge in [0, 0.05) is 30.1 Å². The van der Waals surface area contributed by atoms with Crippen LogP contribution in [0.25, 0.3) is 0 Å². The number of carbonyl (C=O) groups excluding carboxylic acids is 2. The number of carbonyl (C=O) groups is 2. The maximum absolute atomic E-state index is 12.3.